The molecule has 0 aliphatic heterocycles. The van der Waals surface area contributed by atoms with E-state index in [1.54, 1.807) is 48.5 Å². The quantitative estimate of drug-likeness (QED) is 0.267. The molecule has 0 spiro atoms. The van der Waals surface area contributed by atoms with Crippen LogP contribution in [-0.4, -0.2) is 56.6 Å². The number of amides is 1. The highest BCUT2D eigenvalue weighted by molar-refractivity contribution is 8.90. The fourth-order valence-electron chi connectivity index (χ4n) is 2.61. The Morgan fingerprint density at radius 3 is 1.71 bits per heavy atom. The van der Waals surface area contributed by atoms with Gasteiger partial charge in [0.1, 0.15) is 18.0 Å². The summed E-state index contributed by atoms with van der Waals surface area (Å²) in [5, 5.41) is 0. The van der Waals surface area contributed by atoms with E-state index < -0.39 is 36.4 Å². The number of hydrogen-bond donors (Lipinski definition) is 0. The highest BCUT2D eigenvalue weighted by Gasteiger charge is 2.45. The monoisotopic (exact) mass is 537 g/mol. The van der Waals surface area contributed by atoms with Gasteiger partial charge in [-0.2, -0.15) is 13.2 Å². The minimum absolute atomic E-state index is 0.0776. The van der Waals surface area contributed by atoms with Crippen molar-refractivity contribution in [2.45, 2.75) is 22.9 Å². The fraction of sp³-hybridized carbons (Fsp3) is 0.333. The van der Waals surface area contributed by atoms with Crippen LogP contribution in [0.25, 0.3) is 0 Å². The smallest absolute Gasteiger partial charge is 0.471 e. The molecule has 0 fully saturated rings. The van der Waals surface area contributed by atoms with E-state index >= 15 is 0 Å². The van der Waals surface area contributed by atoms with Crippen molar-refractivity contribution in [3.05, 3.63) is 48.5 Å². The van der Waals surface area contributed by atoms with E-state index in [9.17, 15) is 27.3 Å². The molecule has 0 radical (unpaired) electrons. The number of nitrogens with zero attached hydrogens (tertiary/aromatic N) is 1. The Morgan fingerprint density at radius 2 is 1.35 bits per heavy atom. The molecule has 0 bridgehead atoms. The highest BCUT2D eigenvalue weighted by Crippen LogP contribution is 2.73. The van der Waals surface area contributed by atoms with Gasteiger partial charge in [0.2, 0.25) is 5.55 Å². The number of hydrogen-bond acceptors (Lipinski definition) is 8. The lowest BCUT2D eigenvalue weighted by molar-refractivity contribution is -0.186. The van der Waals surface area contributed by atoms with E-state index in [0.717, 1.165) is 22.8 Å². The molecule has 7 nitrogen and oxygen atoms in total. The predicted molar refractivity (Wildman–Crippen MR) is 125 cm³/mol. The van der Waals surface area contributed by atoms with Gasteiger partial charge in [0.15, 0.2) is 0 Å². The summed E-state index contributed by atoms with van der Waals surface area (Å²) < 4.78 is 68.7. The Morgan fingerprint density at radius 1 is 0.912 bits per heavy atom. The second-order valence-electron chi connectivity index (χ2n) is 6.59. The summed E-state index contributed by atoms with van der Waals surface area (Å²) in [6, 6.07) is 12.9. The van der Waals surface area contributed by atoms with Crippen LogP contribution in [0, 0.1) is 0 Å². The summed E-state index contributed by atoms with van der Waals surface area (Å²) in [5.41, 5.74) is -3.72. The SMILES string of the molecule is CCOC(=O)CN(CP(=O)(Sc1ccc(OC)cc1)Sc1ccc(OC)cc1)C(=O)C(F)(F)F. The molecule has 13 heteroatoms. The standard InChI is InChI=1S/C21H23F3NO6PS2/c1-4-31-19(26)13-25(20(27)21(22,23)24)14-32(28,33-17-9-5-15(29-2)6-10-17)34-18-11-7-16(30-3)8-12-18/h5-12H,4,13-14H2,1-3H3. The Bertz CT molecular complexity index is 965. The summed E-state index contributed by atoms with van der Waals surface area (Å²) in [6.45, 7) is 0.423. The number of esters is 1. The molecule has 0 saturated carbocycles. The maximum atomic E-state index is 14.0. The van der Waals surface area contributed by atoms with Gasteiger partial charge in [-0.3, -0.25) is 14.2 Å². The van der Waals surface area contributed by atoms with E-state index in [1.807, 2.05) is 0 Å². The van der Waals surface area contributed by atoms with E-state index in [2.05, 4.69) is 0 Å². The molecule has 0 N–H and O–H groups in total. The first-order valence-corrected chi connectivity index (χ1v) is 14.5. The minimum Gasteiger partial charge on any atom is -0.497 e. The Hall–Kier alpha value is -2.30. The Kier molecular flexibility index (Phi) is 10.2. The van der Waals surface area contributed by atoms with E-state index in [1.165, 1.54) is 21.1 Å². The summed E-state index contributed by atoms with van der Waals surface area (Å²) in [5.74, 6) is -2.22. The summed E-state index contributed by atoms with van der Waals surface area (Å²) in [4.78, 5) is 25.2. The molecular weight excluding hydrogens is 514 g/mol. The number of ether oxygens (including phenoxy) is 3. The van der Waals surface area contributed by atoms with Gasteiger partial charge in [0.25, 0.3) is 0 Å². The molecule has 2 aromatic rings. The minimum atomic E-state index is -5.26. The van der Waals surface area contributed by atoms with Crippen molar-refractivity contribution in [3.63, 3.8) is 0 Å². The van der Waals surface area contributed by atoms with Gasteiger partial charge in [-0.05, 0) is 78.2 Å². The van der Waals surface area contributed by atoms with Gasteiger partial charge < -0.3 is 19.1 Å². The number of methoxy groups -OCH3 is 2. The second-order valence-corrected chi connectivity index (χ2v) is 14.7. The van der Waals surface area contributed by atoms with E-state index in [-0.39, 0.29) is 11.5 Å². The molecule has 0 atom stereocenters. The van der Waals surface area contributed by atoms with Gasteiger partial charge in [0, 0.05) is 9.79 Å². The van der Waals surface area contributed by atoms with Crippen LogP contribution in [-0.2, 0) is 18.9 Å². The van der Waals surface area contributed by atoms with Crippen LogP contribution in [0.1, 0.15) is 6.92 Å². The molecule has 186 valence electrons. The number of alkyl halides is 3. The third-order valence-electron chi connectivity index (χ3n) is 4.11. The van der Waals surface area contributed by atoms with Crippen LogP contribution in [0.2, 0.25) is 0 Å². The van der Waals surface area contributed by atoms with Crippen molar-refractivity contribution in [2.24, 2.45) is 0 Å². The van der Waals surface area contributed by atoms with Crippen LogP contribution in [0.4, 0.5) is 13.2 Å². The highest BCUT2D eigenvalue weighted by atomic mass is 33.1. The lowest BCUT2D eigenvalue weighted by atomic mass is 10.3. The van der Waals surface area contributed by atoms with Crippen molar-refractivity contribution in [1.29, 1.82) is 0 Å². The van der Waals surface area contributed by atoms with Crippen molar-refractivity contribution in [3.8, 4) is 11.5 Å². The maximum absolute atomic E-state index is 14.0. The number of rotatable bonds is 11. The maximum Gasteiger partial charge on any atom is 0.471 e. The number of carbonyl (C=O) groups excluding carboxylic acids is 2. The molecular formula is C21H23F3NO6PS2. The average molecular weight is 538 g/mol. The van der Waals surface area contributed by atoms with Gasteiger partial charge in [-0.25, -0.2) is 0 Å². The van der Waals surface area contributed by atoms with Crippen molar-refractivity contribution >= 4 is 40.2 Å². The first kappa shape index (κ1) is 27.9. The first-order valence-electron chi connectivity index (χ1n) is 9.77. The van der Waals surface area contributed by atoms with Gasteiger partial charge in [-0.15, -0.1) is 0 Å². The summed E-state index contributed by atoms with van der Waals surface area (Å²) in [7, 11) is 2.95. The normalized spacial score (nSPS) is 11.6. The Labute approximate surface area is 203 Å². The van der Waals surface area contributed by atoms with Gasteiger partial charge in [-0.1, -0.05) is 0 Å². The summed E-state index contributed by atoms with van der Waals surface area (Å²) >= 11 is 1.66. The molecule has 2 rings (SSSR count). The summed E-state index contributed by atoms with van der Waals surface area (Å²) in [6.07, 6.45) is -6.08. The third kappa shape index (κ3) is 8.48. The largest absolute Gasteiger partial charge is 0.497 e. The molecule has 0 unspecified atom stereocenters. The molecule has 0 aliphatic carbocycles. The van der Waals surface area contributed by atoms with Crippen LogP contribution in [0.3, 0.4) is 0 Å². The van der Waals surface area contributed by atoms with Crippen LogP contribution in [0.5, 0.6) is 11.5 Å². The molecule has 1 amide bonds. The Balaban J connectivity index is 2.41. The van der Waals surface area contributed by atoms with Crippen molar-refractivity contribution in [2.75, 3.05) is 33.7 Å². The van der Waals surface area contributed by atoms with Crippen molar-refractivity contribution in [1.82, 2.24) is 4.90 Å². The third-order valence-corrected chi connectivity index (χ3v) is 11.3. The zero-order valence-corrected chi connectivity index (χ0v) is 21.1. The van der Waals surface area contributed by atoms with Crippen LogP contribution < -0.4 is 9.47 Å². The van der Waals surface area contributed by atoms with Gasteiger partial charge >= 0.3 is 18.1 Å². The van der Waals surface area contributed by atoms with Crippen LogP contribution in [0.15, 0.2) is 58.3 Å². The lowest BCUT2D eigenvalue weighted by Gasteiger charge is -2.27. The van der Waals surface area contributed by atoms with E-state index in [0.29, 0.717) is 21.3 Å². The van der Waals surface area contributed by atoms with Crippen LogP contribution >= 0.6 is 28.3 Å². The number of halogens is 3. The molecule has 0 aliphatic rings. The zero-order chi connectivity index (χ0) is 25.4. The molecule has 34 heavy (non-hydrogen) atoms. The topological polar surface area (TPSA) is 82.1 Å². The predicted octanol–water partition coefficient (Wildman–Crippen LogP) is 5.69. The molecule has 2 aromatic carbocycles. The molecule has 0 aromatic heterocycles. The zero-order valence-electron chi connectivity index (χ0n) is 18.5. The average Bonchev–Trinajstić information content (AvgIpc) is 2.78. The second kappa shape index (κ2) is 12.4. The van der Waals surface area contributed by atoms with Gasteiger partial charge in [0.05, 0.1) is 27.1 Å². The lowest BCUT2D eigenvalue weighted by Crippen LogP contribution is -2.44. The number of benzene rings is 2. The molecule has 0 saturated heterocycles. The van der Waals surface area contributed by atoms with Crippen molar-refractivity contribution < 1.29 is 41.5 Å². The number of carbonyl (C=O) groups is 2. The van der Waals surface area contributed by atoms with E-state index in [4.69, 9.17) is 14.2 Å². The first-order chi connectivity index (χ1) is 16.0. The molecule has 0 heterocycles. The fourth-order valence-corrected chi connectivity index (χ4v) is 10.4.